The predicted molar refractivity (Wildman–Crippen MR) is 87.4 cm³/mol. The first kappa shape index (κ1) is 12.9. The summed E-state index contributed by atoms with van der Waals surface area (Å²) >= 11 is 0. The highest BCUT2D eigenvalue weighted by Crippen LogP contribution is 2.25. The predicted octanol–water partition coefficient (Wildman–Crippen LogP) is 5.36. The maximum Gasteiger partial charge on any atom is -0.00194 e. The van der Waals surface area contributed by atoms with Gasteiger partial charge in [0, 0.05) is 0 Å². The summed E-state index contributed by atoms with van der Waals surface area (Å²) in [4.78, 5) is 0. The molecule has 0 spiro atoms. The van der Waals surface area contributed by atoms with E-state index >= 15 is 0 Å². The van der Waals surface area contributed by atoms with Crippen molar-refractivity contribution in [2.75, 3.05) is 0 Å². The van der Waals surface area contributed by atoms with Gasteiger partial charge >= 0.3 is 0 Å². The Morgan fingerprint density at radius 1 is 0.700 bits per heavy atom. The largest absolute Gasteiger partial charge is 0.0614 e. The van der Waals surface area contributed by atoms with Crippen LogP contribution in [0.2, 0.25) is 0 Å². The number of hydrogen-bond acceptors (Lipinski definition) is 0. The normalized spacial score (nSPS) is 10.9. The van der Waals surface area contributed by atoms with E-state index in [4.69, 9.17) is 0 Å². The van der Waals surface area contributed by atoms with Crippen LogP contribution in [0.3, 0.4) is 0 Å². The summed E-state index contributed by atoms with van der Waals surface area (Å²) in [6, 6.07) is 19.9. The minimum absolute atomic E-state index is 1.00. The van der Waals surface area contributed by atoms with E-state index in [2.05, 4.69) is 75.4 Å². The van der Waals surface area contributed by atoms with Gasteiger partial charge < -0.3 is 0 Å². The van der Waals surface area contributed by atoms with Crippen molar-refractivity contribution in [3.8, 4) is 0 Å². The summed E-state index contributed by atoms with van der Waals surface area (Å²) in [7, 11) is 0. The molecule has 100 valence electrons. The topological polar surface area (TPSA) is 0 Å². The molecule has 0 bridgehead atoms. The van der Waals surface area contributed by atoms with Gasteiger partial charge in [-0.2, -0.15) is 0 Å². The van der Waals surface area contributed by atoms with Crippen LogP contribution in [0.4, 0.5) is 0 Å². The molecular weight excluding hydrogens is 240 g/mol. The highest BCUT2D eigenvalue weighted by Gasteiger charge is 2.05. The van der Waals surface area contributed by atoms with Crippen molar-refractivity contribution in [3.63, 3.8) is 0 Å². The fraction of sp³-hybridized carbons (Fsp3) is 0.200. The Hall–Kier alpha value is -2.08. The average molecular weight is 260 g/mol. The molecular formula is C20H20. The summed E-state index contributed by atoms with van der Waals surface area (Å²) in [5.74, 6) is 0. The van der Waals surface area contributed by atoms with Gasteiger partial charge in [0.15, 0.2) is 0 Å². The molecule has 0 heteroatoms. The zero-order chi connectivity index (χ0) is 14.1. The number of fused-ring (bicyclic) bond motifs is 1. The molecule has 0 unspecified atom stereocenters. The highest BCUT2D eigenvalue weighted by molar-refractivity contribution is 5.89. The maximum atomic E-state index is 2.31. The van der Waals surface area contributed by atoms with Crippen LogP contribution in [-0.2, 0) is 6.42 Å². The van der Waals surface area contributed by atoms with Gasteiger partial charge in [0.2, 0.25) is 0 Å². The summed E-state index contributed by atoms with van der Waals surface area (Å²) in [6.07, 6.45) is 1.00. The maximum absolute atomic E-state index is 2.31. The van der Waals surface area contributed by atoms with E-state index in [1.807, 2.05) is 0 Å². The molecule has 0 nitrogen and oxygen atoms in total. The van der Waals surface area contributed by atoms with Crippen molar-refractivity contribution in [3.05, 3.63) is 82.4 Å². The number of hydrogen-bond donors (Lipinski definition) is 0. The molecule has 3 aromatic rings. The first-order valence-corrected chi connectivity index (χ1v) is 7.18. The third-order valence-electron chi connectivity index (χ3n) is 4.17. The summed E-state index contributed by atoms with van der Waals surface area (Å²) < 4.78 is 0. The zero-order valence-corrected chi connectivity index (χ0v) is 12.4. The van der Waals surface area contributed by atoms with Gasteiger partial charge in [0.05, 0.1) is 0 Å². The van der Waals surface area contributed by atoms with Gasteiger partial charge in [-0.15, -0.1) is 0 Å². The molecule has 0 N–H and O–H groups in total. The highest BCUT2D eigenvalue weighted by atomic mass is 14.1. The van der Waals surface area contributed by atoms with Gasteiger partial charge in [-0.25, -0.2) is 0 Å². The summed E-state index contributed by atoms with van der Waals surface area (Å²) in [6.45, 7) is 6.56. The van der Waals surface area contributed by atoms with E-state index in [9.17, 15) is 0 Å². The van der Waals surface area contributed by atoms with E-state index in [0.717, 1.165) is 6.42 Å². The lowest BCUT2D eigenvalue weighted by Crippen LogP contribution is -1.93. The van der Waals surface area contributed by atoms with Crippen molar-refractivity contribution in [2.24, 2.45) is 0 Å². The van der Waals surface area contributed by atoms with Crippen molar-refractivity contribution < 1.29 is 0 Å². The average Bonchev–Trinajstić information content (AvgIpc) is 2.43. The van der Waals surface area contributed by atoms with Crippen LogP contribution in [0, 0.1) is 20.8 Å². The molecule has 0 saturated carbocycles. The molecule has 0 aromatic heterocycles. The quantitative estimate of drug-likeness (QED) is 0.582. The van der Waals surface area contributed by atoms with E-state index in [-0.39, 0.29) is 0 Å². The van der Waals surface area contributed by atoms with Crippen LogP contribution in [0.15, 0.2) is 54.6 Å². The second-order valence-corrected chi connectivity index (χ2v) is 5.69. The Kier molecular flexibility index (Phi) is 3.31. The lowest BCUT2D eigenvalue weighted by molar-refractivity contribution is 1.18. The number of aryl methyl sites for hydroxylation is 3. The fourth-order valence-corrected chi connectivity index (χ4v) is 2.90. The Morgan fingerprint density at radius 3 is 2.20 bits per heavy atom. The van der Waals surface area contributed by atoms with Gasteiger partial charge in [-0.3, -0.25) is 0 Å². The Labute approximate surface area is 121 Å². The first-order valence-electron chi connectivity index (χ1n) is 7.18. The SMILES string of the molecule is Cc1ccc(Cc2cccc3cccc(C)c23)cc1C. The molecule has 0 aliphatic rings. The molecule has 0 heterocycles. The Balaban J connectivity index is 2.08. The van der Waals surface area contributed by atoms with Crippen LogP contribution >= 0.6 is 0 Å². The standard InChI is InChI=1S/C20H20/c1-14-10-11-17(12-16(14)3)13-19-9-5-8-18-7-4-6-15(2)20(18)19/h4-12H,13H2,1-3H3. The van der Waals surface area contributed by atoms with E-state index in [0.29, 0.717) is 0 Å². The first-order chi connectivity index (χ1) is 9.65. The van der Waals surface area contributed by atoms with Gasteiger partial charge in [0.25, 0.3) is 0 Å². The minimum atomic E-state index is 1.00. The Morgan fingerprint density at radius 2 is 1.45 bits per heavy atom. The van der Waals surface area contributed by atoms with Crippen molar-refractivity contribution in [1.82, 2.24) is 0 Å². The van der Waals surface area contributed by atoms with E-state index in [1.165, 1.54) is 38.6 Å². The third kappa shape index (κ3) is 2.34. The monoisotopic (exact) mass is 260 g/mol. The molecule has 0 saturated heterocycles. The van der Waals surface area contributed by atoms with Crippen molar-refractivity contribution in [2.45, 2.75) is 27.2 Å². The summed E-state index contributed by atoms with van der Waals surface area (Å²) in [5, 5.41) is 2.75. The Bertz CT molecular complexity index is 761. The van der Waals surface area contributed by atoms with E-state index < -0.39 is 0 Å². The van der Waals surface area contributed by atoms with Crippen molar-refractivity contribution >= 4 is 10.8 Å². The van der Waals surface area contributed by atoms with Gasteiger partial charge in [-0.05, 0) is 65.8 Å². The van der Waals surface area contributed by atoms with Crippen LogP contribution in [0.25, 0.3) is 10.8 Å². The second-order valence-electron chi connectivity index (χ2n) is 5.69. The molecule has 0 amide bonds. The van der Waals surface area contributed by atoms with E-state index in [1.54, 1.807) is 0 Å². The molecule has 3 rings (SSSR count). The fourth-order valence-electron chi connectivity index (χ4n) is 2.90. The molecule has 0 radical (unpaired) electrons. The number of benzene rings is 3. The zero-order valence-electron chi connectivity index (χ0n) is 12.4. The number of rotatable bonds is 2. The minimum Gasteiger partial charge on any atom is -0.0614 e. The molecule has 0 aliphatic carbocycles. The molecule has 0 aliphatic heterocycles. The molecule has 0 atom stereocenters. The van der Waals surface area contributed by atoms with Crippen LogP contribution in [0.1, 0.15) is 27.8 Å². The lowest BCUT2D eigenvalue weighted by Gasteiger charge is -2.10. The molecule has 0 fully saturated rings. The lowest BCUT2D eigenvalue weighted by atomic mass is 9.94. The smallest absolute Gasteiger partial charge is 0.00194 e. The van der Waals surface area contributed by atoms with Crippen molar-refractivity contribution in [1.29, 1.82) is 0 Å². The van der Waals surface area contributed by atoms with Crippen LogP contribution in [0.5, 0.6) is 0 Å². The second kappa shape index (κ2) is 5.13. The third-order valence-corrected chi connectivity index (χ3v) is 4.17. The molecule has 3 aromatic carbocycles. The van der Waals surface area contributed by atoms with Crippen LogP contribution < -0.4 is 0 Å². The summed E-state index contributed by atoms with van der Waals surface area (Å²) in [5.41, 5.74) is 6.91. The van der Waals surface area contributed by atoms with Crippen LogP contribution in [-0.4, -0.2) is 0 Å². The molecule has 20 heavy (non-hydrogen) atoms. The van der Waals surface area contributed by atoms with Gasteiger partial charge in [-0.1, -0.05) is 54.6 Å². The van der Waals surface area contributed by atoms with Gasteiger partial charge in [0.1, 0.15) is 0 Å².